The fourth-order valence-corrected chi connectivity index (χ4v) is 0.214. The molecular weight excluding hydrogens is 118 g/mol. The molecule has 0 saturated carbocycles. The zero-order valence-corrected chi connectivity index (χ0v) is 6.06. The Balaban J connectivity index is 0. The molecule has 3 heteroatoms. The van der Waals surface area contributed by atoms with E-state index in [1.54, 1.807) is 20.8 Å². The van der Waals surface area contributed by atoms with E-state index in [1.165, 1.54) is 0 Å². The lowest BCUT2D eigenvalue weighted by atomic mass is 10.2. The fourth-order valence-electron chi connectivity index (χ4n) is 0.214. The Morgan fingerprint density at radius 3 is 1.56 bits per heavy atom. The topological polar surface area (TPSA) is 72.3 Å². The first-order valence-electron chi connectivity index (χ1n) is 2.43. The molecule has 0 rings (SSSR count). The molecule has 0 aromatic heterocycles. The second-order valence-electron chi connectivity index (χ2n) is 1.93. The number of allylic oxidation sites excluding steroid dienone is 1. The molecule has 0 aliphatic carbocycles. The largest absolute Gasteiger partial charge is 0.478 e. The maximum Gasteiger partial charge on any atom is 0.331 e. The lowest BCUT2D eigenvalue weighted by molar-refractivity contribution is -0.132. The van der Waals surface area contributed by atoms with Crippen molar-refractivity contribution in [3.8, 4) is 0 Å². The third-order valence-electron chi connectivity index (χ3n) is 1.07. The van der Waals surface area contributed by atoms with Gasteiger partial charge in [0.2, 0.25) is 0 Å². The van der Waals surface area contributed by atoms with Crippen molar-refractivity contribution in [1.82, 2.24) is 6.15 Å². The molecule has 0 aliphatic heterocycles. The summed E-state index contributed by atoms with van der Waals surface area (Å²) in [7, 11) is 0. The van der Waals surface area contributed by atoms with Gasteiger partial charge >= 0.3 is 5.97 Å². The zero-order chi connectivity index (χ0) is 6.73. The molecule has 0 radical (unpaired) electrons. The van der Waals surface area contributed by atoms with E-state index in [0.29, 0.717) is 5.57 Å². The summed E-state index contributed by atoms with van der Waals surface area (Å²) in [5, 5.41) is 8.29. The van der Waals surface area contributed by atoms with Crippen molar-refractivity contribution in [1.29, 1.82) is 0 Å². The maximum absolute atomic E-state index is 10.1. The SMILES string of the molecule is CC(C)=C(C)C(=O)O.N. The Morgan fingerprint density at radius 2 is 1.56 bits per heavy atom. The summed E-state index contributed by atoms with van der Waals surface area (Å²) < 4.78 is 0. The number of carboxylic acids is 1. The van der Waals surface area contributed by atoms with Gasteiger partial charge in [0.25, 0.3) is 0 Å². The van der Waals surface area contributed by atoms with Crippen molar-refractivity contribution in [2.75, 3.05) is 0 Å². The summed E-state index contributed by atoms with van der Waals surface area (Å²) in [5.74, 6) is -0.829. The predicted molar refractivity (Wildman–Crippen MR) is 36.7 cm³/mol. The molecule has 0 aliphatic rings. The second kappa shape index (κ2) is 4.09. The highest BCUT2D eigenvalue weighted by atomic mass is 16.4. The molecule has 0 aromatic carbocycles. The minimum absolute atomic E-state index is 0. The smallest absolute Gasteiger partial charge is 0.331 e. The number of carbonyl (C=O) groups is 1. The number of hydrogen-bond donors (Lipinski definition) is 2. The first-order chi connectivity index (χ1) is 3.55. The van der Waals surface area contributed by atoms with E-state index in [2.05, 4.69) is 0 Å². The highest BCUT2D eigenvalue weighted by Gasteiger charge is 1.98. The van der Waals surface area contributed by atoms with Crippen LogP contribution in [0.3, 0.4) is 0 Å². The first kappa shape index (κ1) is 11.0. The molecule has 0 unspecified atom stereocenters. The van der Waals surface area contributed by atoms with Gasteiger partial charge in [0, 0.05) is 5.57 Å². The van der Waals surface area contributed by atoms with Gasteiger partial charge < -0.3 is 11.3 Å². The highest BCUT2D eigenvalue weighted by molar-refractivity contribution is 5.86. The van der Waals surface area contributed by atoms with E-state index in [0.717, 1.165) is 5.57 Å². The fraction of sp³-hybridized carbons (Fsp3) is 0.500. The first-order valence-corrected chi connectivity index (χ1v) is 2.43. The van der Waals surface area contributed by atoms with Gasteiger partial charge in [-0.05, 0) is 20.8 Å². The summed E-state index contributed by atoms with van der Waals surface area (Å²) in [4.78, 5) is 10.1. The zero-order valence-electron chi connectivity index (χ0n) is 6.06. The van der Waals surface area contributed by atoms with E-state index < -0.39 is 5.97 Å². The van der Waals surface area contributed by atoms with Crippen molar-refractivity contribution < 1.29 is 9.90 Å². The van der Waals surface area contributed by atoms with E-state index in [4.69, 9.17) is 5.11 Å². The Bertz CT molecular complexity index is 134. The quantitative estimate of drug-likeness (QED) is 0.531. The third-order valence-corrected chi connectivity index (χ3v) is 1.07. The van der Waals surface area contributed by atoms with Crippen molar-refractivity contribution in [2.45, 2.75) is 20.8 Å². The van der Waals surface area contributed by atoms with Crippen molar-refractivity contribution in [3.63, 3.8) is 0 Å². The highest BCUT2D eigenvalue weighted by Crippen LogP contribution is 1.99. The maximum atomic E-state index is 10.1. The predicted octanol–water partition coefficient (Wildman–Crippen LogP) is 1.59. The van der Waals surface area contributed by atoms with E-state index in [-0.39, 0.29) is 6.15 Å². The molecule has 0 amide bonds. The van der Waals surface area contributed by atoms with Gasteiger partial charge in [-0.2, -0.15) is 0 Å². The number of rotatable bonds is 1. The molecule has 54 valence electrons. The standard InChI is InChI=1S/C6H10O2.H3N/c1-4(2)5(3)6(7)8;/h1-3H3,(H,7,8);1H3. The van der Waals surface area contributed by atoms with Crippen LogP contribution in [0.1, 0.15) is 20.8 Å². The molecule has 0 atom stereocenters. The van der Waals surface area contributed by atoms with Crippen LogP contribution in [-0.4, -0.2) is 11.1 Å². The minimum atomic E-state index is -0.829. The number of carboxylic acid groups (broad SMARTS) is 1. The molecular formula is C6H13NO2. The second-order valence-corrected chi connectivity index (χ2v) is 1.93. The van der Waals surface area contributed by atoms with Gasteiger partial charge in [-0.15, -0.1) is 0 Å². The van der Waals surface area contributed by atoms with Crippen molar-refractivity contribution in [2.24, 2.45) is 0 Å². The number of aliphatic carboxylic acids is 1. The summed E-state index contributed by atoms with van der Waals surface area (Å²) in [6.07, 6.45) is 0. The van der Waals surface area contributed by atoms with E-state index >= 15 is 0 Å². The summed E-state index contributed by atoms with van der Waals surface area (Å²) in [5.41, 5.74) is 1.29. The van der Waals surface area contributed by atoms with Gasteiger partial charge in [-0.3, -0.25) is 0 Å². The average Bonchev–Trinajstić information content (AvgIpc) is 1.64. The van der Waals surface area contributed by atoms with Gasteiger partial charge in [0.15, 0.2) is 0 Å². The van der Waals surface area contributed by atoms with Crippen LogP contribution in [0.2, 0.25) is 0 Å². The van der Waals surface area contributed by atoms with Crippen LogP contribution in [0, 0.1) is 0 Å². The van der Waals surface area contributed by atoms with Gasteiger partial charge in [-0.25, -0.2) is 4.79 Å². The molecule has 0 bridgehead atoms. The lowest BCUT2D eigenvalue weighted by Gasteiger charge is -1.92. The Hall–Kier alpha value is -0.830. The third kappa shape index (κ3) is 3.73. The van der Waals surface area contributed by atoms with Crippen LogP contribution in [0.15, 0.2) is 11.1 Å². The Labute approximate surface area is 55.0 Å². The van der Waals surface area contributed by atoms with Gasteiger partial charge in [0.05, 0.1) is 0 Å². The van der Waals surface area contributed by atoms with Gasteiger partial charge in [-0.1, -0.05) is 5.57 Å². The van der Waals surface area contributed by atoms with Crippen molar-refractivity contribution >= 4 is 5.97 Å². The van der Waals surface area contributed by atoms with Crippen LogP contribution >= 0.6 is 0 Å². The molecule has 4 N–H and O–H groups in total. The lowest BCUT2D eigenvalue weighted by Crippen LogP contribution is -1.97. The van der Waals surface area contributed by atoms with Crippen LogP contribution < -0.4 is 6.15 Å². The summed E-state index contributed by atoms with van der Waals surface area (Å²) >= 11 is 0. The van der Waals surface area contributed by atoms with Crippen molar-refractivity contribution in [3.05, 3.63) is 11.1 Å². The average molecular weight is 131 g/mol. The molecule has 9 heavy (non-hydrogen) atoms. The van der Waals surface area contributed by atoms with E-state index in [1.807, 2.05) is 0 Å². The van der Waals surface area contributed by atoms with E-state index in [9.17, 15) is 4.79 Å². The molecule has 0 saturated heterocycles. The summed E-state index contributed by atoms with van der Waals surface area (Å²) in [6, 6.07) is 0. The van der Waals surface area contributed by atoms with Crippen LogP contribution in [0.25, 0.3) is 0 Å². The Kier molecular flexibility index (Phi) is 5.01. The molecule has 0 heterocycles. The molecule has 3 nitrogen and oxygen atoms in total. The molecule has 0 spiro atoms. The minimum Gasteiger partial charge on any atom is -0.478 e. The molecule has 0 aromatic rings. The van der Waals surface area contributed by atoms with Crippen LogP contribution in [-0.2, 0) is 4.79 Å². The van der Waals surface area contributed by atoms with Gasteiger partial charge in [0.1, 0.15) is 0 Å². The van der Waals surface area contributed by atoms with Crippen LogP contribution in [0.4, 0.5) is 0 Å². The monoisotopic (exact) mass is 131 g/mol. The molecule has 0 fully saturated rings. The normalized spacial score (nSPS) is 7.44. The summed E-state index contributed by atoms with van der Waals surface area (Å²) in [6.45, 7) is 5.16. The number of hydrogen-bond acceptors (Lipinski definition) is 2. The Morgan fingerprint density at radius 1 is 1.22 bits per heavy atom. The van der Waals surface area contributed by atoms with Crippen LogP contribution in [0.5, 0.6) is 0 Å².